The highest BCUT2D eigenvalue weighted by Gasteiger charge is 2.20. The van der Waals surface area contributed by atoms with Crippen LogP contribution in [-0.4, -0.2) is 56.3 Å². The smallest absolute Gasteiger partial charge is 0.219 e. The molecule has 0 aliphatic carbocycles. The summed E-state index contributed by atoms with van der Waals surface area (Å²) in [5.41, 5.74) is 2.62. The molecule has 1 saturated heterocycles. The number of hydrogen-bond acceptors (Lipinski definition) is 5. The third-order valence-electron chi connectivity index (χ3n) is 4.36. The zero-order chi connectivity index (χ0) is 16.5. The van der Waals surface area contributed by atoms with Crippen molar-refractivity contribution in [2.45, 2.75) is 6.92 Å². The van der Waals surface area contributed by atoms with Crippen LogP contribution in [0.2, 0.25) is 0 Å². The molecule has 4 heterocycles. The third kappa shape index (κ3) is 2.58. The lowest BCUT2D eigenvalue weighted by Crippen LogP contribution is -2.48. The molecular weight excluding hydrogens is 304 g/mol. The Hall–Kier alpha value is -2.96. The number of amides is 1. The van der Waals surface area contributed by atoms with E-state index in [0.717, 1.165) is 49.0 Å². The van der Waals surface area contributed by atoms with Crippen LogP contribution in [0.5, 0.6) is 0 Å². The number of carbonyl (C=O) groups is 1. The van der Waals surface area contributed by atoms with Gasteiger partial charge in [-0.05, 0) is 12.1 Å². The highest BCUT2D eigenvalue weighted by molar-refractivity contribution is 5.73. The van der Waals surface area contributed by atoms with Crippen LogP contribution in [0.15, 0.2) is 43.0 Å². The van der Waals surface area contributed by atoms with Crippen molar-refractivity contribution in [1.29, 1.82) is 0 Å². The Morgan fingerprint density at radius 2 is 1.96 bits per heavy atom. The quantitative estimate of drug-likeness (QED) is 0.714. The minimum Gasteiger partial charge on any atom is -0.353 e. The number of aromatic nitrogens is 4. The fourth-order valence-electron chi connectivity index (χ4n) is 3.02. The highest BCUT2D eigenvalue weighted by atomic mass is 16.2. The molecule has 4 rings (SSSR count). The van der Waals surface area contributed by atoms with Gasteiger partial charge in [-0.2, -0.15) is 0 Å². The number of pyridine rings is 1. The molecule has 1 fully saturated rings. The normalized spacial score (nSPS) is 15.0. The van der Waals surface area contributed by atoms with Crippen LogP contribution in [0, 0.1) is 0 Å². The monoisotopic (exact) mass is 322 g/mol. The lowest BCUT2D eigenvalue weighted by Gasteiger charge is -2.35. The summed E-state index contributed by atoms with van der Waals surface area (Å²) in [6.07, 6.45) is 7.17. The minimum atomic E-state index is 0.135. The van der Waals surface area contributed by atoms with Crippen LogP contribution in [0.1, 0.15) is 6.92 Å². The first-order chi connectivity index (χ1) is 11.7. The molecule has 3 aromatic heterocycles. The van der Waals surface area contributed by atoms with Gasteiger partial charge in [-0.25, -0.2) is 9.97 Å². The average Bonchev–Trinajstić information content (AvgIpc) is 3.06. The molecule has 7 heteroatoms. The maximum absolute atomic E-state index is 11.5. The van der Waals surface area contributed by atoms with Crippen molar-refractivity contribution >= 4 is 17.4 Å². The van der Waals surface area contributed by atoms with E-state index < -0.39 is 0 Å². The Balaban J connectivity index is 1.62. The highest BCUT2D eigenvalue weighted by Crippen LogP contribution is 2.22. The van der Waals surface area contributed by atoms with Crippen molar-refractivity contribution in [3.05, 3.63) is 43.0 Å². The summed E-state index contributed by atoms with van der Waals surface area (Å²) in [6, 6.07) is 6.01. The fourth-order valence-corrected chi connectivity index (χ4v) is 3.02. The van der Waals surface area contributed by atoms with Crippen LogP contribution in [0.25, 0.3) is 17.0 Å². The van der Waals surface area contributed by atoms with Gasteiger partial charge in [0, 0.05) is 45.5 Å². The molecule has 0 aromatic carbocycles. The van der Waals surface area contributed by atoms with E-state index in [9.17, 15) is 4.79 Å². The predicted molar refractivity (Wildman–Crippen MR) is 90.7 cm³/mol. The number of rotatable bonds is 2. The van der Waals surface area contributed by atoms with Gasteiger partial charge in [0.1, 0.15) is 5.82 Å². The van der Waals surface area contributed by atoms with E-state index in [1.807, 2.05) is 39.9 Å². The van der Waals surface area contributed by atoms with E-state index in [4.69, 9.17) is 4.98 Å². The van der Waals surface area contributed by atoms with E-state index >= 15 is 0 Å². The van der Waals surface area contributed by atoms with E-state index in [1.54, 1.807) is 19.3 Å². The lowest BCUT2D eigenvalue weighted by molar-refractivity contribution is -0.129. The van der Waals surface area contributed by atoms with Crippen molar-refractivity contribution in [2.75, 3.05) is 31.1 Å². The van der Waals surface area contributed by atoms with Crippen molar-refractivity contribution in [3.63, 3.8) is 0 Å². The minimum absolute atomic E-state index is 0.135. The molecule has 1 aliphatic heterocycles. The number of nitrogens with zero attached hydrogens (tertiary/aromatic N) is 6. The third-order valence-corrected chi connectivity index (χ3v) is 4.36. The molecule has 0 radical (unpaired) electrons. The van der Waals surface area contributed by atoms with Gasteiger partial charge in [0.2, 0.25) is 5.91 Å². The van der Waals surface area contributed by atoms with Gasteiger partial charge in [-0.15, -0.1) is 0 Å². The Morgan fingerprint density at radius 3 is 2.75 bits per heavy atom. The fraction of sp³-hybridized carbons (Fsp3) is 0.294. The van der Waals surface area contributed by atoms with Gasteiger partial charge in [0.15, 0.2) is 5.65 Å². The largest absolute Gasteiger partial charge is 0.353 e. The molecule has 7 nitrogen and oxygen atoms in total. The van der Waals surface area contributed by atoms with Gasteiger partial charge in [-0.3, -0.25) is 14.2 Å². The second kappa shape index (κ2) is 5.92. The molecule has 0 unspecified atom stereocenters. The first-order valence-corrected chi connectivity index (χ1v) is 7.97. The molecule has 0 N–H and O–H groups in total. The van der Waals surface area contributed by atoms with Gasteiger partial charge in [0.25, 0.3) is 0 Å². The number of hydrogen-bond donors (Lipinski definition) is 0. The van der Waals surface area contributed by atoms with Crippen molar-refractivity contribution in [3.8, 4) is 11.4 Å². The number of carbonyl (C=O) groups excluding carboxylic acids is 1. The second-order valence-corrected chi connectivity index (χ2v) is 5.82. The topological polar surface area (TPSA) is 66.6 Å². The molecule has 0 saturated carbocycles. The summed E-state index contributed by atoms with van der Waals surface area (Å²) in [6.45, 7) is 4.69. The maximum atomic E-state index is 11.5. The molecule has 1 amide bonds. The van der Waals surface area contributed by atoms with E-state index in [2.05, 4.69) is 14.9 Å². The average molecular weight is 322 g/mol. The molecule has 1 aliphatic rings. The molecule has 0 atom stereocenters. The lowest BCUT2D eigenvalue weighted by atomic mass is 10.2. The van der Waals surface area contributed by atoms with Gasteiger partial charge in [-0.1, -0.05) is 6.07 Å². The molecule has 3 aromatic rings. The number of fused-ring (bicyclic) bond motifs is 1. The summed E-state index contributed by atoms with van der Waals surface area (Å²) >= 11 is 0. The predicted octanol–water partition coefficient (Wildman–Crippen LogP) is 1.46. The van der Waals surface area contributed by atoms with Crippen LogP contribution in [0.4, 0.5) is 5.82 Å². The summed E-state index contributed by atoms with van der Waals surface area (Å²) < 4.78 is 1.98. The molecule has 24 heavy (non-hydrogen) atoms. The Bertz CT molecular complexity index is 881. The van der Waals surface area contributed by atoms with Gasteiger partial charge < -0.3 is 9.80 Å². The van der Waals surface area contributed by atoms with E-state index in [1.165, 1.54) is 0 Å². The number of piperazine rings is 1. The zero-order valence-electron chi connectivity index (χ0n) is 13.5. The zero-order valence-corrected chi connectivity index (χ0v) is 13.5. The van der Waals surface area contributed by atoms with Gasteiger partial charge >= 0.3 is 0 Å². The molecular formula is C17H18N6O. The number of anilines is 1. The van der Waals surface area contributed by atoms with Crippen molar-refractivity contribution in [2.24, 2.45) is 0 Å². The maximum Gasteiger partial charge on any atom is 0.219 e. The van der Waals surface area contributed by atoms with Gasteiger partial charge in [0.05, 0.1) is 23.8 Å². The van der Waals surface area contributed by atoms with Crippen molar-refractivity contribution < 1.29 is 4.79 Å². The van der Waals surface area contributed by atoms with Crippen LogP contribution < -0.4 is 4.90 Å². The SMILES string of the molecule is CC(=O)N1CCN(c2cccc(-c3cnc4cnccn34)n2)CC1. The standard InChI is InChI=1S/C17H18N6O/c1-13(24)21-7-9-22(10-8-21)16-4-2-3-14(20-16)15-11-19-17-12-18-5-6-23(15)17/h2-6,11-12H,7-10H2,1H3. The number of imidazole rings is 1. The summed E-state index contributed by atoms with van der Waals surface area (Å²) in [7, 11) is 0. The van der Waals surface area contributed by atoms with Crippen molar-refractivity contribution in [1.82, 2.24) is 24.3 Å². The summed E-state index contributed by atoms with van der Waals surface area (Å²) in [4.78, 5) is 28.8. The molecule has 0 spiro atoms. The first-order valence-electron chi connectivity index (χ1n) is 7.97. The molecule has 0 bridgehead atoms. The Kier molecular flexibility index (Phi) is 3.60. The van der Waals surface area contributed by atoms with Crippen LogP contribution in [0.3, 0.4) is 0 Å². The summed E-state index contributed by atoms with van der Waals surface area (Å²) in [5.74, 6) is 1.07. The van der Waals surface area contributed by atoms with E-state index in [-0.39, 0.29) is 5.91 Å². The molecule has 122 valence electrons. The Labute approximate surface area is 139 Å². The Morgan fingerprint density at radius 1 is 1.12 bits per heavy atom. The summed E-state index contributed by atoms with van der Waals surface area (Å²) in [5, 5.41) is 0. The van der Waals surface area contributed by atoms with Crippen LogP contribution >= 0.6 is 0 Å². The first kappa shape index (κ1) is 14.6. The van der Waals surface area contributed by atoms with Crippen LogP contribution in [-0.2, 0) is 4.79 Å². The van der Waals surface area contributed by atoms with E-state index in [0.29, 0.717) is 0 Å². The second-order valence-electron chi connectivity index (χ2n) is 5.82.